The molecule has 1 aliphatic heterocycles. The van der Waals surface area contributed by atoms with E-state index in [4.69, 9.17) is 14.5 Å². The number of anilines is 1. The Labute approximate surface area is 226 Å². The SMILES string of the molecule is COc1ccc(CNc2nc3cc(-c4ccnn4C4CCCCO4)ccc3n3cc(CNC(C)=O)cc23)cc1. The predicted octanol–water partition coefficient (Wildman–Crippen LogP) is 5.31. The molecule has 0 spiro atoms. The van der Waals surface area contributed by atoms with Crippen molar-refractivity contribution >= 4 is 28.3 Å². The van der Waals surface area contributed by atoms with Crippen LogP contribution in [0, 0.1) is 0 Å². The zero-order valence-electron chi connectivity index (χ0n) is 22.2. The molecular formula is C30H32N6O3. The van der Waals surface area contributed by atoms with Crippen LogP contribution in [0.15, 0.2) is 67.0 Å². The molecule has 9 heteroatoms. The molecule has 39 heavy (non-hydrogen) atoms. The number of nitrogens with one attached hydrogen (secondary N) is 2. The van der Waals surface area contributed by atoms with Gasteiger partial charge in [0.15, 0.2) is 12.0 Å². The number of carbonyl (C=O) groups excluding carboxylic acids is 1. The average molecular weight is 525 g/mol. The van der Waals surface area contributed by atoms with Crippen LogP contribution >= 0.6 is 0 Å². The Kier molecular flexibility index (Phi) is 6.89. The number of nitrogens with zero attached hydrogens (tertiary/aromatic N) is 4. The molecular weight excluding hydrogens is 492 g/mol. The highest BCUT2D eigenvalue weighted by molar-refractivity contribution is 5.88. The molecule has 0 bridgehead atoms. The van der Waals surface area contributed by atoms with E-state index in [-0.39, 0.29) is 12.1 Å². The molecule has 4 heterocycles. The van der Waals surface area contributed by atoms with Crippen molar-refractivity contribution in [2.24, 2.45) is 0 Å². The molecule has 1 amide bonds. The zero-order valence-corrected chi connectivity index (χ0v) is 22.2. The number of carbonyl (C=O) groups is 1. The van der Waals surface area contributed by atoms with E-state index >= 15 is 0 Å². The van der Waals surface area contributed by atoms with Gasteiger partial charge < -0.3 is 24.5 Å². The number of hydrogen-bond acceptors (Lipinski definition) is 6. The van der Waals surface area contributed by atoms with E-state index in [0.717, 1.165) is 76.4 Å². The van der Waals surface area contributed by atoms with Crippen LogP contribution in [0.1, 0.15) is 43.5 Å². The van der Waals surface area contributed by atoms with Gasteiger partial charge in [0.25, 0.3) is 0 Å². The maximum Gasteiger partial charge on any atom is 0.217 e. The topological polar surface area (TPSA) is 94.7 Å². The molecule has 3 aromatic heterocycles. The third kappa shape index (κ3) is 5.18. The van der Waals surface area contributed by atoms with Crippen molar-refractivity contribution in [1.82, 2.24) is 24.5 Å². The number of benzene rings is 2. The average Bonchev–Trinajstić information content (AvgIpc) is 3.63. The van der Waals surface area contributed by atoms with Gasteiger partial charge in [0.05, 0.1) is 29.4 Å². The van der Waals surface area contributed by atoms with Crippen molar-refractivity contribution in [3.63, 3.8) is 0 Å². The van der Waals surface area contributed by atoms with Gasteiger partial charge in [-0.25, -0.2) is 9.67 Å². The summed E-state index contributed by atoms with van der Waals surface area (Å²) >= 11 is 0. The van der Waals surface area contributed by atoms with E-state index in [1.165, 1.54) is 6.92 Å². The number of hydrogen-bond donors (Lipinski definition) is 2. The van der Waals surface area contributed by atoms with Gasteiger partial charge in [-0.15, -0.1) is 0 Å². The summed E-state index contributed by atoms with van der Waals surface area (Å²) in [5, 5.41) is 11.0. The second kappa shape index (κ2) is 10.8. The molecule has 1 unspecified atom stereocenters. The lowest BCUT2D eigenvalue weighted by atomic mass is 10.1. The normalized spacial score (nSPS) is 15.5. The van der Waals surface area contributed by atoms with Crippen molar-refractivity contribution in [1.29, 1.82) is 0 Å². The number of fused-ring (bicyclic) bond motifs is 3. The number of rotatable bonds is 8. The van der Waals surface area contributed by atoms with Gasteiger partial charge in [0.1, 0.15) is 5.75 Å². The molecule has 0 saturated carbocycles. The van der Waals surface area contributed by atoms with E-state index in [1.54, 1.807) is 7.11 Å². The highest BCUT2D eigenvalue weighted by Crippen LogP contribution is 2.31. The highest BCUT2D eigenvalue weighted by Gasteiger charge is 2.20. The van der Waals surface area contributed by atoms with E-state index < -0.39 is 0 Å². The maximum atomic E-state index is 11.5. The van der Waals surface area contributed by atoms with E-state index in [9.17, 15) is 4.79 Å². The van der Waals surface area contributed by atoms with Gasteiger partial charge in [-0.05, 0) is 66.8 Å². The molecule has 200 valence electrons. The molecule has 1 aliphatic rings. The first-order valence-corrected chi connectivity index (χ1v) is 13.3. The van der Waals surface area contributed by atoms with Crippen LogP contribution in [-0.2, 0) is 22.6 Å². The molecule has 2 N–H and O–H groups in total. The Morgan fingerprint density at radius 1 is 1.05 bits per heavy atom. The van der Waals surface area contributed by atoms with Crippen molar-refractivity contribution in [2.45, 2.75) is 45.5 Å². The lowest BCUT2D eigenvalue weighted by molar-refractivity contribution is -0.119. The first-order valence-electron chi connectivity index (χ1n) is 13.3. The van der Waals surface area contributed by atoms with E-state index in [2.05, 4.69) is 50.6 Å². The Hall–Kier alpha value is -4.37. The summed E-state index contributed by atoms with van der Waals surface area (Å²) in [5.74, 6) is 1.53. The Balaban J connectivity index is 1.39. The van der Waals surface area contributed by atoms with Gasteiger partial charge in [0.2, 0.25) is 5.91 Å². The number of ether oxygens (including phenoxy) is 2. The Bertz CT molecular complexity index is 1620. The summed E-state index contributed by atoms with van der Waals surface area (Å²) in [7, 11) is 1.66. The molecule has 1 saturated heterocycles. The van der Waals surface area contributed by atoms with E-state index in [0.29, 0.717) is 13.1 Å². The van der Waals surface area contributed by atoms with E-state index in [1.807, 2.05) is 41.2 Å². The third-order valence-electron chi connectivity index (χ3n) is 7.14. The summed E-state index contributed by atoms with van der Waals surface area (Å²) in [5.41, 5.74) is 6.96. The lowest BCUT2D eigenvalue weighted by Gasteiger charge is -2.24. The van der Waals surface area contributed by atoms with Gasteiger partial charge in [-0.3, -0.25) is 4.79 Å². The van der Waals surface area contributed by atoms with Crippen molar-refractivity contribution in [3.8, 4) is 17.0 Å². The summed E-state index contributed by atoms with van der Waals surface area (Å²) in [6.45, 7) is 3.35. The van der Waals surface area contributed by atoms with Gasteiger partial charge in [-0.1, -0.05) is 18.2 Å². The third-order valence-corrected chi connectivity index (χ3v) is 7.14. The van der Waals surface area contributed by atoms with Gasteiger partial charge in [0, 0.05) is 44.6 Å². The van der Waals surface area contributed by atoms with Crippen LogP contribution in [-0.4, -0.2) is 38.8 Å². The van der Waals surface area contributed by atoms with Crippen LogP contribution in [0.3, 0.4) is 0 Å². The Morgan fingerprint density at radius 3 is 2.69 bits per heavy atom. The second-order valence-electron chi connectivity index (χ2n) is 9.86. The van der Waals surface area contributed by atoms with Gasteiger partial charge >= 0.3 is 0 Å². The standard InChI is InChI=1S/C30H32N6O3/c1-20(37)31-18-22-15-28-30(32-17-21-6-9-24(38-2)10-7-21)34-25-16-23(8-11-27(25)35(28)19-22)26-12-13-33-36(26)29-5-3-4-14-39-29/h6-13,15-16,19,29H,3-5,14,17-18H2,1-2H3,(H,31,37)(H,32,34). The fourth-order valence-electron chi connectivity index (χ4n) is 5.12. The maximum absolute atomic E-state index is 11.5. The first-order chi connectivity index (χ1) is 19.1. The molecule has 5 aromatic rings. The number of aromatic nitrogens is 4. The minimum Gasteiger partial charge on any atom is -0.497 e. The molecule has 1 atom stereocenters. The molecule has 0 radical (unpaired) electrons. The molecule has 2 aromatic carbocycles. The molecule has 0 aliphatic carbocycles. The quantitative estimate of drug-likeness (QED) is 0.286. The smallest absolute Gasteiger partial charge is 0.217 e. The molecule has 1 fully saturated rings. The van der Waals surface area contributed by atoms with Crippen LogP contribution < -0.4 is 15.4 Å². The van der Waals surface area contributed by atoms with Crippen LogP contribution in [0.25, 0.3) is 27.8 Å². The van der Waals surface area contributed by atoms with Gasteiger partial charge in [-0.2, -0.15) is 5.10 Å². The van der Waals surface area contributed by atoms with Crippen LogP contribution in [0.2, 0.25) is 0 Å². The minimum absolute atomic E-state index is 0.0441. The van der Waals surface area contributed by atoms with Crippen molar-refractivity contribution in [2.75, 3.05) is 19.0 Å². The molecule has 9 nitrogen and oxygen atoms in total. The summed E-state index contributed by atoms with van der Waals surface area (Å²) < 4.78 is 15.4. The zero-order chi connectivity index (χ0) is 26.8. The largest absolute Gasteiger partial charge is 0.497 e. The minimum atomic E-state index is -0.0608. The summed E-state index contributed by atoms with van der Waals surface area (Å²) in [6, 6.07) is 18.4. The number of methoxy groups -OCH3 is 1. The predicted molar refractivity (Wildman–Crippen MR) is 151 cm³/mol. The fraction of sp³-hybridized carbons (Fsp3) is 0.300. The highest BCUT2D eigenvalue weighted by atomic mass is 16.5. The second-order valence-corrected chi connectivity index (χ2v) is 9.86. The molecule has 6 rings (SSSR count). The monoisotopic (exact) mass is 524 g/mol. The first kappa shape index (κ1) is 24.9. The lowest BCUT2D eigenvalue weighted by Crippen LogP contribution is -2.19. The Morgan fingerprint density at radius 2 is 1.92 bits per heavy atom. The van der Waals surface area contributed by atoms with Crippen LogP contribution in [0.4, 0.5) is 5.82 Å². The van der Waals surface area contributed by atoms with Crippen molar-refractivity contribution in [3.05, 3.63) is 78.1 Å². The summed E-state index contributed by atoms with van der Waals surface area (Å²) in [6.07, 6.45) is 7.04. The number of amides is 1. The van der Waals surface area contributed by atoms with Crippen molar-refractivity contribution < 1.29 is 14.3 Å². The van der Waals surface area contributed by atoms with Crippen LogP contribution in [0.5, 0.6) is 5.75 Å². The fourth-order valence-corrected chi connectivity index (χ4v) is 5.12. The summed E-state index contributed by atoms with van der Waals surface area (Å²) in [4.78, 5) is 16.6.